The number of hydrogen-bond acceptors (Lipinski definition) is 6. The van der Waals surface area contributed by atoms with Gasteiger partial charge in [0.1, 0.15) is 5.56 Å². The summed E-state index contributed by atoms with van der Waals surface area (Å²) in [6, 6.07) is 9.09. The average Bonchev–Trinajstić information content (AvgIpc) is 3.08. The molecule has 1 aliphatic heterocycles. The molecule has 1 saturated heterocycles. The maximum absolute atomic E-state index is 12.5. The van der Waals surface area contributed by atoms with Crippen molar-refractivity contribution in [3.8, 4) is 5.69 Å². The van der Waals surface area contributed by atoms with Crippen LogP contribution in [0.3, 0.4) is 0 Å². The van der Waals surface area contributed by atoms with Gasteiger partial charge in [0.05, 0.1) is 11.5 Å². The summed E-state index contributed by atoms with van der Waals surface area (Å²) in [7, 11) is 0. The fourth-order valence-corrected chi connectivity index (χ4v) is 3.12. The SMILES string of the molecule is O=C(O)c1cn(-c2ccccc2)c2nc(N3CCC(O)C3)ncc2c1=O. The van der Waals surface area contributed by atoms with Gasteiger partial charge in [0.2, 0.25) is 11.4 Å². The summed E-state index contributed by atoms with van der Waals surface area (Å²) in [4.78, 5) is 34.5. The molecule has 0 aliphatic carbocycles. The summed E-state index contributed by atoms with van der Waals surface area (Å²) in [6.45, 7) is 1.05. The fourth-order valence-electron chi connectivity index (χ4n) is 3.12. The maximum atomic E-state index is 12.5. The van der Waals surface area contributed by atoms with Crippen LogP contribution in [0.5, 0.6) is 0 Å². The average molecular weight is 352 g/mol. The van der Waals surface area contributed by atoms with Crippen molar-refractivity contribution in [3.63, 3.8) is 0 Å². The number of carboxylic acid groups (broad SMARTS) is 1. The van der Waals surface area contributed by atoms with Crippen molar-refractivity contribution < 1.29 is 15.0 Å². The molecular formula is C18H16N4O4. The Morgan fingerprint density at radius 3 is 2.65 bits per heavy atom. The minimum absolute atomic E-state index is 0.136. The molecule has 0 radical (unpaired) electrons. The van der Waals surface area contributed by atoms with Crippen LogP contribution in [0.25, 0.3) is 16.7 Å². The fraction of sp³-hybridized carbons (Fsp3) is 0.222. The lowest BCUT2D eigenvalue weighted by Crippen LogP contribution is -2.25. The van der Waals surface area contributed by atoms with E-state index in [-0.39, 0.29) is 10.9 Å². The molecular weight excluding hydrogens is 336 g/mol. The number of carboxylic acids is 1. The molecule has 1 aliphatic rings. The topological polar surface area (TPSA) is 109 Å². The Kier molecular flexibility index (Phi) is 3.89. The third-order valence-electron chi connectivity index (χ3n) is 4.44. The molecule has 1 atom stereocenters. The number of hydrogen-bond donors (Lipinski definition) is 2. The predicted molar refractivity (Wildman–Crippen MR) is 94.9 cm³/mol. The highest BCUT2D eigenvalue weighted by Gasteiger charge is 2.24. The molecule has 0 saturated carbocycles. The summed E-state index contributed by atoms with van der Waals surface area (Å²) in [5.74, 6) is -0.894. The zero-order valence-corrected chi connectivity index (χ0v) is 13.7. The Morgan fingerprint density at radius 1 is 1.23 bits per heavy atom. The second kappa shape index (κ2) is 6.23. The lowest BCUT2D eigenvalue weighted by Gasteiger charge is -2.17. The number of aliphatic hydroxyl groups excluding tert-OH is 1. The van der Waals surface area contributed by atoms with Gasteiger partial charge in [0.15, 0.2) is 5.65 Å². The molecule has 132 valence electrons. The molecule has 2 N–H and O–H groups in total. The van der Waals surface area contributed by atoms with E-state index in [0.29, 0.717) is 36.8 Å². The number of benzene rings is 1. The first-order chi connectivity index (χ1) is 12.5. The van der Waals surface area contributed by atoms with Gasteiger partial charge in [-0.25, -0.2) is 9.78 Å². The van der Waals surface area contributed by atoms with E-state index in [9.17, 15) is 19.8 Å². The van der Waals surface area contributed by atoms with Crippen molar-refractivity contribution in [1.82, 2.24) is 14.5 Å². The van der Waals surface area contributed by atoms with Crippen LogP contribution >= 0.6 is 0 Å². The van der Waals surface area contributed by atoms with E-state index in [4.69, 9.17) is 0 Å². The molecule has 1 fully saturated rings. The van der Waals surface area contributed by atoms with Crippen LogP contribution in [0.2, 0.25) is 0 Å². The number of fused-ring (bicyclic) bond motifs is 1. The van der Waals surface area contributed by atoms with Crippen LogP contribution in [-0.2, 0) is 0 Å². The highest BCUT2D eigenvalue weighted by Crippen LogP contribution is 2.21. The second-order valence-electron chi connectivity index (χ2n) is 6.18. The number of aliphatic hydroxyl groups is 1. The van der Waals surface area contributed by atoms with Gasteiger partial charge in [0.25, 0.3) is 0 Å². The van der Waals surface area contributed by atoms with Crippen LogP contribution in [0, 0.1) is 0 Å². The van der Waals surface area contributed by atoms with Crippen molar-refractivity contribution in [2.75, 3.05) is 18.0 Å². The summed E-state index contributed by atoms with van der Waals surface area (Å²) < 4.78 is 1.58. The largest absolute Gasteiger partial charge is 0.477 e. The van der Waals surface area contributed by atoms with Crippen molar-refractivity contribution in [2.24, 2.45) is 0 Å². The molecule has 4 rings (SSSR count). The molecule has 0 amide bonds. The third-order valence-corrected chi connectivity index (χ3v) is 4.44. The maximum Gasteiger partial charge on any atom is 0.341 e. The molecule has 8 heteroatoms. The van der Waals surface area contributed by atoms with Crippen molar-refractivity contribution >= 4 is 23.0 Å². The number of carbonyl (C=O) groups is 1. The highest BCUT2D eigenvalue weighted by molar-refractivity contribution is 5.92. The Labute approximate surface area is 148 Å². The van der Waals surface area contributed by atoms with Gasteiger partial charge in [-0.1, -0.05) is 18.2 Å². The minimum atomic E-state index is -1.30. The number of aromatic nitrogens is 3. The standard InChI is InChI=1S/C18H16N4O4/c23-12-6-7-21(9-12)18-19-8-13-15(24)14(17(25)26)10-22(16(13)20-18)11-4-2-1-3-5-11/h1-5,8,10,12,23H,6-7,9H2,(H,25,26). The normalized spacial score (nSPS) is 17.0. The van der Waals surface area contributed by atoms with Crippen LogP contribution < -0.4 is 10.3 Å². The molecule has 2 aromatic heterocycles. The summed E-state index contributed by atoms with van der Waals surface area (Å²) in [5, 5.41) is 19.2. The number of pyridine rings is 1. The number of nitrogens with zero attached hydrogens (tertiary/aromatic N) is 4. The number of aromatic carboxylic acids is 1. The Bertz CT molecular complexity index is 1050. The van der Waals surface area contributed by atoms with Gasteiger partial charge < -0.3 is 19.7 Å². The Hall–Kier alpha value is -3.26. The van der Waals surface area contributed by atoms with Crippen molar-refractivity contribution in [1.29, 1.82) is 0 Å². The second-order valence-corrected chi connectivity index (χ2v) is 6.18. The molecule has 3 heterocycles. The van der Waals surface area contributed by atoms with E-state index < -0.39 is 17.5 Å². The van der Waals surface area contributed by atoms with Gasteiger partial charge >= 0.3 is 5.97 Å². The Morgan fingerprint density at radius 2 is 2.00 bits per heavy atom. The van der Waals surface area contributed by atoms with E-state index in [0.717, 1.165) is 0 Å². The first-order valence-electron chi connectivity index (χ1n) is 8.19. The van der Waals surface area contributed by atoms with Gasteiger partial charge in [-0.05, 0) is 18.6 Å². The Balaban J connectivity index is 1.98. The van der Waals surface area contributed by atoms with Gasteiger partial charge in [0, 0.05) is 31.2 Å². The zero-order chi connectivity index (χ0) is 18.3. The number of para-hydroxylation sites is 1. The summed E-state index contributed by atoms with van der Waals surface area (Å²) >= 11 is 0. The lowest BCUT2D eigenvalue weighted by molar-refractivity contribution is 0.0695. The van der Waals surface area contributed by atoms with Crippen molar-refractivity contribution in [3.05, 3.63) is 58.5 Å². The molecule has 1 aromatic carbocycles. The molecule has 26 heavy (non-hydrogen) atoms. The summed E-state index contributed by atoms with van der Waals surface area (Å²) in [6.07, 6.45) is 2.85. The van der Waals surface area contributed by atoms with Crippen LogP contribution in [-0.4, -0.2) is 49.9 Å². The number of β-amino-alcohol motifs (C(OH)–C–C–N with tert-alkyl or cyclic N) is 1. The molecule has 0 bridgehead atoms. The highest BCUT2D eigenvalue weighted by atomic mass is 16.4. The van der Waals surface area contributed by atoms with Crippen LogP contribution in [0.4, 0.5) is 5.95 Å². The van der Waals surface area contributed by atoms with Crippen molar-refractivity contribution in [2.45, 2.75) is 12.5 Å². The third kappa shape index (κ3) is 2.70. The summed E-state index contributed by atoms with van der Waals surface area (Å²) in [5.41, 5.74) is 0.0608. The van der Waals surface area contributed by atoms with Gasteiger partial charge in [-0.15, -0.1) is 0 Å². The molecule has 1 unspecified atom stereocenters. The monoisotopic (exact) mass is 352 g/mol. The van der Waals surface area contributed by atoms with E-state index in [1.54, 1.807) is 16.7 Å². The first-order valence-corrected chi connectivity index (χ1v) is 8.19. The first kappa shape index (κ1) is 16.2. The van der Waals surface area contributed by atoms with E-state index in [1.165, 1.54) is 12.4 Å². The van der Waals surface area contributed by atoms with Gasteiger partial charge in [-0.3, -0.25) is 4.79 Å². The minimum Gasteiger partial charge on any atom is -0.477 e. The molecule has 3 aromatic rings. The van der Waals surface area contributed by atoms with Crippen LogP contribution in [0.15, 0.2) is 47.5 Å². The van der Waals surface area contributed by atoms with E-state index in [2.05, 4.69) is 9.97 Å². The van der Waals surface area contributed by atoms with Crippen LogP contribution in [0.1, 0.15) is 16.8 Å². The van der Waals surface area contributed by atoms with E-state index >= 15 is 0 Å². The van der Waals surface area contributed by atoms with E-state index in [1.807, 2.05) is 23.1 Å². The zero-order valence-electron chi connectivity index (χ0n) is 13.7. The van der Waals surface area contributed by atoms with Gasteiger partial charge in [-0.2, -0.15) is 4.98 Å². The molecule has 0 spiro atoms. The smallest absolute Gasteiger partial charge is 0.341 e. The number of rotatable bonds is 3. The predicted octanol–water partition coefficient (Wildman–Crippen LogP) is 1.05. The number of anilines is 1. The quantitative estimate of drug-likeness (QED) is 0.725. The lowest BCUT2D eigenvalue weighted by atomic mass is 10.2. The molecule has 8 nitrogen and oxygen atoms in total.